The number of carbonyl (C=O) groups is 2. The standard InChI is InChI=1S/C18H27NO3/c1-7-18(5,6)15(20)19(22-16(21)17(2,3)4)13-14-11-9-8-10-12-14/h8-12H,7,13H2,1-6H3. The Morgan fingerprint density at radius 1 is 1.05 bits per heavy atom. The molecule has 0 aromatic heterocycles. The first-order valence-corrected chi connectivity index (χ1v) is 7.66. The molecule has 1 aromatic rings. The fourth-order valence-electron chi connectivity index (χ4n) is 1.62. The van der Waals surface area contributed by atoms with Crippen molar-refractivity contribution in [2.45, 2.75) is 54.5 Å². The number of hydrogen-bond donors (Lipinski definition) is 0. The average Bonchev–Trinajstić information content (AvgIpc) is 2.45. The summed E-state index contributed by atoms with van der Waals surface area (Å²) in [5.74, 6) is -0.597. The van der Waals surface area contributed by atoms with E-state index in [4.69, 9.17) is 4.84 Å². The number of carbonyl (C=O) groups excluding carboxylic acids is 2. The van der Waals surface area contributed by atoms with Crippen molar-refractivity contribution in [3.63, 3.8) is 0 Å². The summed E-state index contributed by atoms with van der Waals surface area (Å²) in [4.78, 5) is 30.3. The molecule has 0 saturated heterocycles. The molecule has 1 amide bonds. The smallest absolute Gasteiger partial charge is 0.337 e. The van der Waals surface area contributed by atoms with E-state index in [9.17, 15) is 9.59 Å². The minimum Gasteiger partial charge on any atom is -0.337 e. The van der Waals surface area contributed by atoms with Crippen molar-refractivity contribution >= 4 is 11.9 Å². The third kappa shape index (κ3) is 4.86. The van der Waals surface area contributed by atoms with Gasteiger partial charge in [0.15, 0.2) is 0 Å². The summed E-state index contributed by atoms with van der Waals surface area (Å²) in [6, 6.07) is 9.52. The molecule has 0 spiro atoms. The second kappa shape index (κ2) is 6.95. The number of hydrogen-bond acceptors (Lipinski definition) is 3. The number of benzene rings is 1. The zero-order valence-corrected chi connectivity index (χ0v) is 14.5. The highest BCUT2D eigenvalue weighted by Gasteiger charge is 2.35. The summed E-state index contributed by atoms with van der Waals surface area (Å²) in [6.45, 7) is 11.2. The molecule has 122 valence electrons. The predicted octanol–water partition coefficient (Wildman–Crippen LogP) is 3.96. The molecule has 0 fully saturated rings. The fourth-order valence-corrected chi connectivity index (χ4v) is 1.62. The van der Waals surface area contributed by atoms with E-state index in [1.165, 1.54) is 5.06 Å². The van der Waals surface area contributed by atoms with E-state index in [2.05, 4.69) is 0 Å². The van der Waals surface area contributed by atoms with E-state index < -0.39 is 16.8 Å². The molecule has 0 aliphatic heterocycles. The van der Waals surface area contributed by atoms with Crippen molar-refractivity contribution in [1.82, 2.24) is 5.06 Å². The molecule has 4 heteroatoms. The van der Waals surface area contributed by atoms with Crippen LogP contribution < -0.4 is 0 Å². The molecule has 0 radical (unpaired) electrons. The van der Waals surface area contributed by atoms with Gasteiger partial charge in [0.25, 0.3) is 5.91 Å². The molecule has 0 N–H and O–H groups in total. The predicted molar refractivity (Wildman–Crippen MR) is 86.6 cm³/mol. The minimum atomic E-state index is -0.661. The Morgan fingerprint density at radius 2 is 1.59 bits per heavy atom. The Balaban J connectivity index is 3.00. The molecular formula is C18H27NO3. The van der Waals surface area contributed by atoms with Crippen molar-refractivity contribution in [2.75, 3.05) is 0 Å². The molecule has 1 aromatic carbocycles. The van der Waals surface area contributed by atoms with Crippen molar-refractivity contribution < 1.29 is 14.4 Å². The van der Waals surface area contributed by atoms with Crippen LogP contribution in [0, 0.1) is 10.8 Å². The Kier molecular flexibility index (Phi) is 5.75. The molecule has 0 aliphatic rings. The lowest BCUT2D eigenvalue weighted by Crippen LogP contribution is -2.43. The van der Waals surface area contributed by atoms with Crippen molar-refractivity contribution in [1.29, 1.82) is 0 Å². The molecule has 0 saturated carbocycles. The van der Waals surface area contributed by atoms with Crippen molar-refractivity contribution in [2.24, 2.45) is 10.8 Å². The second-order valence-corrected chi connectivity index (χ2v) is 7.19. The molecule has 22 heavy (non-hydrogen) atoms. The van der Waals surface area contributed by atoms with Gasteiger partial charge in [-0.15, -0.1) is 0 Å². The summed E-state index contributed by atoms with van der Waals surface area (Å²) >= 11 is 0. The van der Waals surface area contributed by atoms with Crippen LogP contribution in [0.15, 0.2) is 30.3 Å². The lowest BCUT2D eigenvalue weighted by atomic mass is 9.89. The van der Waals surface area contributed by atoms with Gasteiger partial charge >= 0.3 is 5.97 Å². The topological polar surface area (TPSA) is 46.6 Å². The van der Waals surface area contributed by atoms with Crippen molar-refractivity contribution in [3.8, 4) is 0 Å². The van der Waals surface area contributed by atoms with Gasteiger partial charge in [-0.2, -0.15) is 5.06 Å². The van der Waals surface area contributed by atoms with Gasteiger partial charge in [-0.25, -0.2) is 4.79 Å². The molecule has 1 rings (SSSR count). The third-order valence-electron chi connectivity index (χ3n) is 3.66. The van der Waals surface area contributed by atoms with Crippen LogP contribution >= 0.6 is 0 Å². The van der Waals surface area contributed by atoms with Gasteiger partial charge in [0, 0.05) is 5.41 Å². The summed E-state index contributed by atoms with van der Waals surface area (Å²) in [6.07, 6.45) is 0.671. The molecule has 4 nitrogen and oxygen atoms in total. The van der Waals surface area contributed by atoms with Crippen LogP contribution in [-0.4, -0.2) is 16.9 Å². The highest BCUT2D eigenvalue weighted by Crippen LogP contribution is 2.26. The van der Waals surface area contributed by atoms with Gasteiger partial charge in [-0.1, -0.05) is 51.1 Å². The Morgan fingerprint density at radius 3 is 2.05 bits per heavy atom. The van der Waals surface area contributed by atoms with Crippen LogP contribution in [0.4, 0.5) is 0 Å². The van der Waals surface area contributed by atoms with E-state index in [-0.39, 0.29) is 12.5 Å². The molecule has 0 unspecified atom stereocenters. The summed E-state index contributed by atoms with van der Waals surface area (Å²) in [5.41, 5.74) is -0.317. The third-order valence-corrected chi connectivity index (χ3v) is 3.66. The maximum absolute atomic E-state index is 12.7. The zero-order valence-electron chi connectivity index (χ0n) is 14.5. The number of amides is 1. The fraction of sp³-hybridized carbons (Fsp3) is 0.556. The van der Waals surface area contributed by atoms with Crippen LogP contribution in [0.2, 0.25) is 0 Å². The van der Waals surface area contributed by atoms with Crippen LogP contribution in [0.5, 0.6) is 0 Å². The lowest BCUT2D eigenvalue weighted by Gasteiger charge is -2.31. The molecule has 0 heterocycles. The summed E-state index contributed by atoms with van der Waals surface area (Å²) in [5, 5.41) is 1.20. The molecule has 0 aliphatic carbocycles. The van der Waals surface area contributed by atoms with Crippen LogP contribution in [0.25, 0.3) is 0 Å². The number of hydroxylamine groups is 2. The molecule has 0 bridgehead atoms. The average molecular weight is 305 g/mol. The maximum Gasteiger partial charge on any atom is 0.337 e. The first kappa shape index (κ1) is 18.2. The largest absolute Gasteiger partial charge is 0.337 e. The highest BCUT2D eigenvalue weighted by atomic mass is 16.7. The second-order valence-electron chi connectivity index (χ2n) is 7.19. The molecule has 0 atom stereocenters. The maximum atomic E-state index is 12.7. The molecular weight excluding hydrogens is 278 g/mol. The Labute approximate surface area is 133 Å². The zero-order chi connectivity index (χ0) is 17.0. The van der Waals surface area contributed by atoms with E-state index in [0.29, 0.717) is 6.42 Å². The van der Waals surface area contributed by atoms with Gasteiger partial charge in [-0.3, -0.25) is 4.79 Å². The van der Waals surface area contributed by atoms with Gasteiger partial charge in [-0.05, 0) is 32.8 Å². The van der Waals surface area contributed by atoms with Gasteiger partial charge in [0.2, 0.25) is 0 Å². The first-order chi connectivity index (χ1) is 10.1. The van der Waals surface area contributed by atoms with E-state index in [1.54, 1.807) is 20.8 Å². The van der Waals surface area contributed by atoms with E-state index in [0.717, 1.165) is 5.56 Å². The van der Waals surface area contributed by atoms with Gasteiger partial charge in [0.05, 0.1) is 12.0 Å². The first-order valence-electron chi connectivity index (χ1n) is 7.66. The van der Waals surface area contributed by atoms with Crippen LogP contribution in [0.1, 0.15) is 53.5 Å². The van der Waals surface area contributed by atoms with Crippen LogP contribution in [0.3, 0.4) is 0 Å². The van der Waals surface area contributed by atoms with E-state index >= 15 is 0 Å². The minimum absolute atomic E-state index is 0.184. The van der Waals surface area contributed by atoms with Gasteiger partial charge < -0.3 is 4.84 Å². The van der Waals surface area contributed by atoms with Gasteiger partial charge in [0.1, 0.15) is 0 Å². The monoisotopic (exact) mass is 305 g/mol. The normalized spacial score (nSPS) is 11.9. The van der Waals surface area contributed by atoms with Crippen molar-refractivity contribution in [3.05, 3.63) is 35.9 Å². The Bertz CT molecular complexity index is 515. The van der Waals surface area contributed by atoms with E-state index in [1.807, 2.05) is 51.1 Å². The number of nitrogens with zero attached hydrogens (tertiary/aromatic N) is 1. The SMILES string of the molecule is CCC(C)(C)C(=O)N(Cc1ccccc1)OC(=O)C(C)(C)C. The lowest BCUT2D eigenvalue weighted by molar-refractivity contribution is -0.213. The highest BCUT2D eigenvalue weighted by molar-refractivity contribution is 5.83. The quantitative estimate of drug-likeness (QED) is 0.791. The summed E-state index contributed by atoms with van der Waals surface area (Å²) in [7, 11) is 0. The number of rotatable bonds is 4. The van der Waals surface area contributed by atoms with Crippen LogP contribution in [-0.2, 0) is 21.0 Å². The Hall–Kier alpha value is -1.84. The summed E-state index contributed by atoms with van der Waals surface area (Å²) < 4.78 is 0.